The van der Waals surface area contributed by atoms with Gasteiger partial charge in [-0.15, -0.1) is 0 Å². The monoisotopic (exact) mass is 250 g/mol. The summed E-state index contributed by atoms with van der Waals surface area (Å²) in [4.78, 5) is 26.4. The number of aromatic nitrogens is 1. The minimum atomic E-state index is -1.01. The van der Waals surface area contributed by atoms with E-state index in [-0.39, 0.29) is 24.1 Å². The number of carboxylic acids is 1. The topological polar surface area (TPSA) is 88.5 Å². The highest BCUT2D eigenvalue weighted by Crippen LogP contribution is 2.12. The highest BCUT2D eigenvalue weighted by molar-refractivity contribution is 5.87. The molecular weight excluding hydrogens is 236 g/mol. The van der Waals surface area contributed by atoms with Crippen molar-refractivity contribution in [3.63, 3.8) is 0 Å². The highest BCUT2D eigenvalue weighted by Gasteiger charge is 2.23. The molecule has 1 fully saturated rings. The molecule has 1 atom stereocenters. The van der Waals surface area contributed by atoms with Crippen molar-refractivity contribution >= 4 is 11.9 Å². The van der Waals surface area contributed by atoms with Gasteiger partial charge in [0.1, 0.15) is 6.10 Å². The molecule has 1 aromatic rings. The van der Waals surface area contributed by atoms with E-state index in [2.05, 4.69) is 10.3 Å². The van der Waals surface area contributed by atoms with Crippen LogP contribution >= 0.6 is 0 Å². The number of amides is 1. The van der Waals surface area contributed by atoms with Gasteiger partial charge in [0.05, 0.1) is 17.8 Å². The minimum absolute atomic E-state index is 0.159. The molecule has 1 aromatic heterocycles. The van der Waals surface area contributed by atoms with Crippen molar-refractivity contribution in [1.82, 2.24) is 10.3 Å². The maximum absolute atomic E-state index is 11.7. The molecule has 2 rings (SSSR count). The van der Waals surface area contributed by atoms with Gasteiger partial charge < -0.3 is 15.2 Å². The molecule has 0 saturated carbocycles. The number of pyridine rings is 1. The minimum Gasteiger partial charge on any atom is -0.478 e. The first kappa shape index (κ1) is 12.5. The predicted octanol–water partition coefficient (Wildman–Crippen LogP) is 0.575. The summed E-state index contributed by atoms with van der Waals surface area (Å²) in [5.41, 5.74) is 0.674. The predicted molar refractivity (Wildman–Crippen MR) is 62.0 cm³/mol. The Labute approximate surface area is 104 Å². The molecule has 0 aliphatic carbocycles. The van der Waals surface area contributed by atoms with E-state index in [0.717, 1.165) is 12.8 Å². The first-order chi connectivity index (χ1) is 8.66. The third kappa shape index (κ3) is 3.04. The van der Waals surface area contributed by atoms with Crippen LogP contribution in [0.5, 0.6) is 0 Å². The molecule has 0 spiro atoms. The standard InChI is InChI=1S/C12H14N2O4/c15-11(10-2-1-5-18-10)14-7-9-6-8(12(16)17)3-4-13-9/h3-4,6,10H,1-2,5,7H2,(H,14,15)(H,16,17)/t10-/m1/s1. The van der Waals surface area contributed by atoms with E-state index in [9.17, 15) is 9.59 Å². The molecule has 1 aliphatic rings. The third-order valence-electron chi connectivity index (χ3n) is 2.73. The fraction of sp³-hybridized carbons (Fsp3) is 0.417. The van der Waals surface area contributed by atoms with Gasteiger partial charge in [-0.25, -0.2) is 4.79 Å². The fourth-order valence-corrected chi connectivity index (χ4v) is 1.78. The molecule has 2 N–H and O–H groups in total. The molecule has 1 aliphatic heterocycles. The maximum atomic E-state index is 11.7. The van der Waals surface area contributed by atoms with Crippen LogP contribution < -0.4 is 5.32 Å². The quantitative estimate of drug-likeness (QED) is 0.815. The normalized spacial score (nSPS) is 18.6. The third-order valence-corrected chi connectivity index (χ3v) is 2.73. The summed E-state index contributed by atoms with van der Waals surface area (Å²) in [6, 6.07) is 2.85. The Morgan fingerprint density at radius 2 is 2.39 bits per heavy atom. The largest absolute Gasteiger partial charge is 0.478 e. The van der Waals surface area contributed by atoms with Crippen molar-refractivity contribution in [2.24, 2.45) is 0 Å². The zero-order valence-electron chi connectivity index (χ0n) is 9.76. The van der Waals surface area contributed by atoms with E-state index in [1.165, 1.54) is 18.3 Å². The number of carboxylic acid groups (broad SMARTS) is 1. The number of nitrogens with zero attached hydrogens (tertiary/aromatic N) is 1. The first-order valence-electron chi connectivity index (χ1n) is 5.74. The molecule has 1 amide bonds. The molecule has 0 unspecified atom stereocenters. The lowest BCUT2D eigenvalue weighted by atomic mass is 10.2. The second-order valence-corrected chi connectivity index (χ2v) is 4.06. The molecule has 6 heteroatoms. The zero-order valence-corrected chi connectivity index (χ0v) is 9.76. The SMILES string of the molecule is O=C(O)c1ccnc(CNC(=O)[C@H]2CCCO2)c1. The average Bonchev–Trinajstić information content (AvgIpc) is 2.90. The number of rotatable bonds is 4. The van der Waals surface area contributed by atoms with Gasteiger partial charge in [-0.2, -0.15) is 0 Å². The van der Waals surface area contributed by atoms with Gasteiger partial charge in [-0.05, 0) is 25.0 Å². The van der Waals surface area contributed by atoms with Crippen molar-refractivity contribution in [2.75, 3.05) is 6.61 Å². The Morgan fingerprint density at radius 1 is 1.56 bits per heavy atom. The number of aromatic carboxylic acids is 1. The second-order valence-electron chi connectivity index (χ2n) is 4.06. The van der Waals surface area contributed by atoms with Gasteiger partial charge in [0.2, 0.25) is 5.91 Å². The van der Waals surface area contributed by atoms with Gasteiger partial charge in [0.15, 0.2) is 0 Å². The Bertz CT molecular complexity index is 455. The molecule has 0 bridgehead atoms. The Hall–Kier alpha value is -1.95. The summed E-state index contributed by atoms with van der Waals surface area (Å²) in [6.45, 7) is 0.824. The van der Waals surface area contributed by atoms with Gasteiger partial charge in [-0.3, -0.25) is 9.78 Å². The summed E-state index contributed by atoms with van der Waals surface area (Å²) < 4.78 is 5.24. The molecule has 6 nitrogen and oxygen atoms in total. The van der Waals surface area contributed by atoms with Crippen molar-refractivity contribution in [1.29, 1.82) is 0 Å². The zero-order chi connectivity index (χ0) is 13.0. The second kappa shape index (κ2) is 5.59. The maximum Gasteiger partial charge on any atom is 0.335 e. The summed E-state index contributed by atoms with van der Waals surface area (Å²) in [7, 11) is 0. The van der Waals surface area contributed by atoms with E-state index in [0.29, 0.717) is 12.3 Å². The van der Waals surface area contributed by atoms with Crippen molar-refractivity contribution in [3.05, 3.63) is 29.6 Å². The van der Waals surface area contributed by atoms with E-state index in [1.807, 2.05) is 0 Å². The van der Waals surface area contributed by atoms with Gasteiger partial charge in [0, 0.05) is 12.8 Å². The number of nitrogens with one attached hydrogen (secondary N) is 1. The van der Waals surface area contributed by atoms with Crippen LogP contribution in [0.3, 0.4) is 0 Å². The van der Waals surface area contributed by atoms with Crippen LogP contribution in [-0.2, 0) is 16.1 Å². The van der Waals surface area contributed by atoms with Crippen molar-refractivity contribution in [3.8, 4) is 0 Å². The number of carbonyl (C=O) groups excluding carboxylic acids is 1. The van der Waals surface area contributed by atoms with Crippen molar-refractivity contribution < 1.29 is 19.4 Å². The Balaban J connectivity index is 1.91. The van der Waals surface area contributed by atoms with Crippen LogP contribution in [0.15, 0.2) is 18.3 Å². The number of hydrogen-bond donors (Lipinski definition) is 2. The molecule has 0 aromatic carbocycles. The lowest BCUT2D eigenvalue weighted by Gasteiger charge is -2.10. The van der Waals surface area contributed by atoms with Crippen LogP contribution in [0.1, 0.15) is 28.9 Å². The first-order valence-corrected chi connectivity index (χ1v) is 5.74. The lowest BCUT2D eigenvalue weighted by Crippen LogP contribution is -2.33. The molecule has 1 saturated heterocycles. The Morgan fingerprint density at radius 3 is 3.06 bits per heavy atom. The van der Waals surface area contributed by atoms with Crippen LogP contribution in [0.4, 0.5) is 0 Å². The molecule has 96 valence electrons. The molecular formula is C12H14N2O4. The molecule has 0 radical (unpaired) electrons. The van der Waals surface area contributed by atoms with Gasteiger partial charge in [0.25, 0.3) is 0 Å². The summed E-state index contributed by atoms with van der Waals surface area (Å²) in [5.74, 6) is -1.18. The lowest BCUT2D eigenvalue weighted by molar-refractivity contribution is -0.130. The number of ether oxygens (including phenoxy) is 1. The van der Waals surface area contributed by atoms with E-state index in [1.54, 1.807) is 0 Å². The summed E-state index contributed by atoms with van der Waals surface area (Å²) >= 11 is 0. The van der Waals surface area contributed by atoms with Crippen LogP contribution in [0, 0.1) is 0 Å². The van der Waals surface area contributed by atoms with E-state index < -0.39 is 5.97 Å². The highest BCUT2D eigenvalue weighted by atomic mass is 16.5. The Kier molecular flexibility index (Phi) is 3.88. The van der Waals surface area contributed by atoms with E-state index in [4.69, 9.17) is 9.84 Å². The molecule has 2 heterocycles. The summed E-state index contributed by atoms with van der Waals surface area (Å²) in [5, 5.41) is 11.5. The van der Waals surface area contributed by atoms with Crippen molar-refractivity contribution in [2.45, 2.75) is 25.5 Å². The number of carbonyl (C=O) groups is 2. The fourth-order valence-electron chi connectivity index (χ4n) is 1.78. The van der Waals surface area contributed by atoms with Crippen LogP contribution in [0.2, 0.25) is 0 Å². The van der Waals surface area contributed by atoms with Crippen LogP contribution in [-0.4, -0.2) is 34.7 Å². The smallest absolute Gasteiger partial charge is 0.335 e. The van der Waals surface area contributed by atoms with Gasteiger partial charge in [-0.1, -0.05) is 0 Å². The molecule has 18 heavy (non-hydrogen) atoms. The van der Waals surface area contributed by atoms with Crippen LogP contribution in [0.25, 0.3) is 0 Å². The number of hydrogen-bond acceptors (Lipinski definition) is 4. The summed E-state index contributed by atoms with van der Waals surface area (Å²) in [6.07, 6.45) is 2.66. The van der Waals surface area contributed by atoms with E-state index >= 15 is 0 Å². The average molecular weight is 250 g/mol. The van der Waals surface area contributed by atoms with Gasteiger partial charge >= 0.3 is 5.97 Å².